The number of carboxylic acid groups (broad SMARTS) is 1. The van der Waals surface area contributed by atoms with Gasteiger partial charge in [0.25, 0.3) is 5.91 Å². The summed E-state index contributed by atoms with van der Waals surface area (Å²) >= 11 is 3.48. The Labute approximate surface area is 206 Å². The van der Waals surface area contributed by atoms with Crippen LogP contribution in [-0.2, 0) is 6.61 Å². The topological polar surface area (TPSA) is 91.2 Å². The van der Waals surface area contributed by atoms with E-state index < -0.39 is 5.97 Å². The van der Waals surface area contributed by atoms with Crippen molar-refractivity contribution in [3.05, 3.63) is 93.5 Å². The van der Waals surface area contributed by atoms with Gasteiger partial charge in [0.05, 0.1) is 16.3 Å². The molecule has 1 heterocycles. The number of hydrogen-bond donors (Lipinski definition) is 2. The van der Waals surface area contributed by atoms with Gasteiger partial charge in [-0.3, -0.25) is 4.79 Å². The van der Waals surface area contributed by atoms with Crippen LogP contribution in [0, 0.1) is 0 Å². The molecule has 1 aliphatic heterocycles. The summed E-state index contributed by atoms with van der Waals surface area (Å²) in [7, 11) is 0. The first-order chi connectivity index (χ1) is 16.5. The van der Waals surface area contributed by atoms with Crippen LogP contribution in [0.5, 0.6) is 5.75 Å². The summed E-state index contributed by atoms with van der Waals surface area (Å²) in [6.45, 7) is 2.36. The van der Waals surface area contributed by atoms with Gasteiger partial charge in [-0.15, -0.1) is 0 Å². The molecule has 1 fully saturated rings. The van der Waals surface area contributed by atoms with Gasteiger partial charge in [0.15, 0.2) is 0 Å². The Hall–Kier alpha value is -3.65. The Bertz CT molecular complexity index is 1200. The Morgan fingerprint density at radius 3 is 2.50 bits per heavy atom. The largest absolute Gasteiger partial charge is 0.488 e. The smallest absolute Gasteiger partial charge is 0.335 e. The first-order valence-electron chi connectivity index (χ1n) is 10.9. The van der Waals surface area contributed by atoms with Crippen LogP contribution in [0.2, 0.25) is 0 Å². The lowest BCUT2D eigenvalue weighted by molar-refractivity contribution is 0.0696. The van der Waals surface area contributed by atoms with E-state index in [9.17, 15) is 9.59 Å². The summed E-state index contributed by atoms with van der Waals surface area (Å²) in [4.78, 5) is 25.8. The highest BCUT2D eigenvalue weighted by molar-refractivity contribution is 9.10. The molecule has 3 aromatic carbocycles. The molecule has 7 nitrogen and oxygen atoms in total. The number of aromatic carboxylic acids is 1. The molecule has 174 valence electrons. The van der Waals surface area contributed by atoms with Crippen molar-refractivity contribution in [3.8, 4) is 5.75 Å². The number of hydrogen-bond acceptors (Lipinski definition) is 5. The van der Waals surface area contributed by atoms with Crippen LogP contribution in [0.1, 0.15) is 44.7 Å². The molecule has 0 spiro atoms. The lowest BCUT2D eigenvalue weighted by Crippen LogP contribution is -2.19. The molecule has 0 bridgehead atoms. The molecule has 34 heavy (non-hydrogen) atoms. The third kappa shape index (κ3) is 6.02. The molecule has 1 saturated heterocycles. The van der Waals surface area contributed by atoms with Gasteiger partial charge in [-0.1, -0.05) is 12.1 Å². The zero-order valence-corrected chi connectivity index (χ0v) is 20.0. The van der Waals surface area contributed by atoms with Crippen LogP contribution in [-0.4, -0.2) is 36.3 Å². The molecule has 0 aromatic heterocycles. The molecule has 1 amide bonds. The molecule has 0 atom stereocenters. The zero-order chi connectivity index (χ0) is 23.9. The maximum Gasteiger partial charge on any atom is 0.335 e. The predicted octanol–water partition coefficient (Wildman–Crippen LogP) is 5.09. The van der Waals surface area contributed by atoms with Gasteiger partial charge in [-0.2, -0.15) is 5.10 Å². The summed E-state index contributed by atoms with van der Waals surface area (Å²) in [5, 5.41) is 13.2. The number of carbonyl (C=O) groups is 2. The minimum absolute atomic E-state index is 0.219. The molecule has 1 aliphatic rings. The normalized spacial score (nSPS) is 13.3. The van der Waals surface area contributed by atoms with Crippen LogP contribution in [0.15, 0.2) is 76.3 Å². The molecule has 8 heteroatoms. The number of nitrogens with zero attached hydrogens (tertiary/aromatic N) is 2. The van der Waals surface area contributed by atoms with Gasteiger partial charge < -0.3 is 14.7 Å². The minimum atomic E-state index is -0.974. The summed E-state index contributed by atoms with van der Waals surface area (Å²) in [6.07, 6.45) is 3.98. The molecule has 4 rings (SSSR count). The van der Waals surface area contributed by atoms with Crippen LogP contribution >= 0.6 is 15.9 Å². The molecular formula is C26H24BrN3O4. The number of amides is 1. The lowest BCUT2D eigenvalue weighted by Gasteiger charge is -2.17. The van der Waals surface area contributed by atoms with E-state index in [-0.39, 0.29) is 18.1 Å². The number of ether oxygens (including phenoxy) is 1. The van der Waals surface area contributed by atoms with Crippen molar-refractivity contribution < 1.29 is 19.4 Å². The van der Waals surface area contributed by atoms with E-state index in [0.717, 1.165) is 34.4 Å². The number of hydrazone groups is 1. The number of carboxylic acids is 1. The quantitative estimate of drug-likeness (QED) is 0.318. The average molecular weight is 522 g/mol. The number of nitrogens with one attached hydrogen (secondary N) is 1. The van der Waals surface area contributed by atoms with Crippen LogP contribution < -0.4 is 15.1 Å². The standard InChI is InChI=1S/C26H24BrN3O4/c27-23-15-18(6-11-24(23)34-17-19-4-3-5-21(14-19)26(32)33)16-28-29-25(31)20-7-9-22(10-8-20)30-12-1-2-13-30/h3-11,14-16H,1-2,12-13,17H2,(H,29,31)(H,32,33)/b28-16-. The molecule has 0 aliphatic carbocycles. The zero-order valence-electron chi connectivity index (χ0n) is 18.4. The van der Waals surface area contributed by atoms with Crippen LogP contribution in [0.25, 0.3) is 0 Å². The van der Waals surface area contributed by atoms with E-state index in [0.29, 0.717) is 11.3 Å². The number of anilines is 1. The molecule has 2 N–H and O–H groups in total. The lowest BCUT2D eigenvalue weighted by atomic mass is 10.1. The van der Waals surface area contributed by atoms with Crippen molar-refractivity contribution in [2.45, 2.75) is 19.4 Å². The molecule has 3 aromatic rings. The molecule has 0 saturated carbocycles. The number of benzene rings is 3. The molecular weight excluding hydrogens is 498 g/mol. The van der Waals surface area contributed by atoms with Crippen molar-refractivity contribution in [2.24, 2.45) is 5.10 Å². The molecule has 0 radical (unpaired) electrons. The summed E-state index contributed by atoms with van der Waals surface area (Å²) in [5.74, 6) is -0.635. The van der Waals surface area contributed by atoms with Gasteiger partial charge in [0.2, 0.25) is 0 Å². The average Bonchev–Trinajstić information content (AvgIpc) is 3.39. The van der Waals surface area contributed by atoms with E-state index in [2.05, 4.69) is 31.4 Å². The van der Waals surface area contributed by atoms with Crippen LogP contribution in [0.3, 0.4) is 0 Å². The van der Waals surface area contributed by atoms with E-state index >= 15 is 0 Å². The van der Waals surface area contributed by atoms with Gasteiger partial charge in [-0.05, 0) is 94.5 Å². The van der Waals surface area contributed by atoms with Gasteiger partial charge >= 0.3 is 5.97 Å². The SMILES string of the molecule is O=C(O)c1cccc(COc2ccc(/C=N\NC(=O)c3ccc(N4CCCC4)cc3)cc2Br)c1. The summed E-state index contributed by atoms with van der Waals surface area (Å²) in [5.41, 5.74) is 6.00. The van der Waals surface area contributed by atoms with Crippen molar-refractivity contribution in [2.75, 3.05) is 18.0 Å². The first-order valence-corrected chi connectivity index (χ1v) is 11.7. The Morgan fingerprint density at radius 2 is 1.79 bits per heavy atom. The maximum absolute atomic E-state index is 12.4. The Balaban J connectivity index is 1.31. The Kier molecular flexibility index (Phi) is 7.59. The van der Waals surface area contributed by atoms with Crippen molar-refractivity contribution in [3.63, 3.8) is 0 Å². The number of halogens is 1. The van der Waals surface area contributed by atoms with E-state index in [1.165, 1.54) is 18.9 Å². The third-order valence-corrected chi connectivity index (χ3v) is 6.12. The second-order valence-corrected chi connectivity index (χ2v) is 8.78. The second-order valence-electron chi connectivity index (χ2n) is 7.92. The van der Waals surface area contributed by atoms with Gasteiger partial charge in [0, 0.05) is 24.3 Å². The number of carbonyl (C=O) groups excluding carboxylic acids is 1. The fourth-order valence-electron chi connectivity index (χ4n) is 3.70. The highest BCUT2D eigenvalue weighted by Crippen LogP contribution is 2.26. The fraction of sp³-hybridized carbons (Fsp3) is 0.192. The number of rotatable bonds is 8. The second kappa shape index (κ2) is 11.0. The van der Waals surface area contributed by atoms with E-state index in [1.54, 1.807) is 24.4 Å². The minimum Gasteiger partial charge on any atom is -0.488 e. The van der Waals surface area contributed by atoms with Crippen molar-refractivity contribution >= 4 is 39.7 Å². The predicted molar refractivity (Wildman–Crippen MR) is 135 cm³/mol. The summed E-state index contributed by atoms with van der Waals surface area (Å²) in [6, 6.07) is 19.6. The van der Waals surface area contributed by atoms with Crippen molar-refractivity contribution in [1.82, 2.24) is 5.43 Å². The summed E-state index contributed by atoms with van der Waals surface area (Å²) < 4.78 is 6.52. The third-order valence-electron chi connectivity index (χ3n) is 5.50. The molecule has 0 unspecified atom stereocenters. The van der Waals surface area contributed by atoms with Crippen LogP contribution in [0.4, 0.5) is 5.69 Å². The highest BCUT2D eigenvalue weighted by Gasteiger charge is 2.13. The van der Waals surface area contributed by atoms with E-state index in [4.69, 9.17) is 9.84 Å². The highest BCUT2D eigenvalue weighted by atomic mass is 79.9. The van der Waals surface area contributed by atoms with Gasteiger partial charge in [0.1, 0.15) is 12.4 Å². The monoisotopic (exact) mass is 521 g/mol. The Morgan fingerprint density at radius 1 is 1.03 bits per heavy atom. The first kappa shape index (κ1) is 23.5. The van der Waals surface area contributed by atoms with Crippen molar-refractivity contribution in [1.29, 1.82) is 0 Å². The van der Waals surface area contributed by atoms with E-state index in [1.807, 2.05) is 42.5 Å². The fourth-order valence-corrected chi connectivity index (χ4v) is 4.21. The van der Waals surface area contributed by atoms with Gasteiger partial charge in [-0.25, -0.2) is 10.2 Å². The maximum atomic E-state index is 12.4.